The number of rotatable bonds is 5. The summed E-state index contributed by atoms with van der Waals surface area (Å²) in [6.07, 6.45) is 0. The lowest BCUT2D eigenvalue weighted by molar-refractivity contribution is -0.120. The van der Waals surface area contributed by atoms with Crippen LogP contribution in [0.5, 0.6) is 0 Å². The third-order valence-corrected chi connectivity index (χ3v) is 4.30. The van der Waals surface area contributed by atoms with Gasteiger partial charge in [-0.05, 0) is 17.7 Å². The van der Waals surface area contributed by atoms with Gasteiger partial charge in [-0.2, -0.15) is 9.57 Å². The molecular weight excluding hydrogens is 266 g/mol. The Labute approximate surface area is 112 Å². The monoisotopic (exact) mass is 281 g/mol. The van der Waals surface area contributed by atoms with Gasteiger partial charge in [0.2, 0.25) is 15.9 Å². The van der Waals surface area contributed by atoms with E-state index in [9.17, 15) is 13.2 Å². The average molecular weight is 281 g/mol. The molecule has 0 spiro atoms. The quantitative estimate of drug-likeness (QED) is 0.826. The van der Waals surface area contributed by atoms with Crippen molar-refractivity contribution in [2.45, 2.75) is 5.75 Å². The van der Waals surface area contributed by atoms with E-state index in [1.54, 1.807) is 18.2 Å². The van der Waals surface area contributed by atoms with Gasteiger partial charge in [-0.1, -0.05) is 12.1 Å². The van der Waals surface area contributed by atoms with Gasteiger partial charge in [0.25, 0.3) is 0 Å². The summed E-state index contributed by atoms with van der Waals surface area (Å²) in [5.41, 5.74) is 0.921. The van der Waals surface area contributed by atoms with Gasteiger partial charge in [0, 0.05) is 14.1 Å². The second-order valence-electron chi connectivity index (χ2n) is 4.00. The fourth-order valence-corrected chi connectivity index (χ4v) is 2.57. The van der Waals surface area contributed by atoms with Gasteiger partial charge in [-0.3, -0.25) is 4.79 Å². The van der Waals surface area contributed by atoms with Crippen LogP contribution in [0.25, 0.3) is 0 Å². The van der Waals surface area contributed by atoms with Crippen molar-refractivity contribution in [3.63, 3.8) is 0 Å². The molecule has 0 aliphatic heterocycles. The minimum absolute atomic E-state index is 0.225. The third kappa shape index (κ3) is 4.35. The lowest BCUT2D eigenvalue weighted by Gasteiger charge is -2.16. The third-order valence-electron chi connectivity index (χ3n) is 2.53. The molecule has 6 nitrogen and oxygen atoms in total. The molecule has 0 aliphatic rings. The highest BCUT2D eigenvalue weighted by atomic mass is 32.2. The molecular formula is C12H15N3O3S. The summed E-state index contributed by atoms with van der Waals surface area (Å²) in [4.78, 5) is 11.2. The van der Waals surface area contributed by atoms with Crippen LogP contribution in [-0.2, 0) is 20.6 Å². The fraction of sp³-hybridized carbons (Fsp3) is 0.333. The summed E-state index contributed by atoms with van der Waals surface area (Å²) in [5, 5.41) is 11.1. The topological polar surface area (TPSA) is 90.3 Å². The van der Waals surface area contributed by atoms with Crippen molar-refractivity contribution in [1.29, 1.82) is 5.26 Å². The number of carbonyl (C=O) groups excluding carboxylic acids is 1. The summed E-state index contributed by atoms with van der Waals surface area (Å²) in [6.45, 7) is -0.225. The van der Waals surface area contributed by atoms with Crippen molar-refractivity contribution < 1.29 is 13.2 Å². The van der Waals surface area contributed by atoms with Crippen molar-refractivity contribution in [2.24, 2.45) is 0 Å². The zero-order valence-electron chi connectivity index (χ0n) is 10.8. The van der Waals surface area contributed by atoms with Gasteiger partial charge >= 0.3 is 0 Å². The van der Waals surface area contributed by atoms with Crippen LogP contribution in [0, 0.1) is 11.3 Å². The molecule has 1 N–H and O–H groups in total. The van der Waals surface area contributed by atoms with E-state index >= 15 is 0 Å². The van der Waals surface area contributed by atoms with E-state index in [-0.39, 0.29) is 18.2 Å². The highest BCUT2D eigenvalue weighted by molar-refractivity contribution is 7.88. The predicted molar refractivity (Wildman–Crippen MR) is 70.5 cm³/mol. The van der Waals surface area contributed by atoms with E-state index in [0.717, 1.165) is 4.31 Å². The number of hydrogen-bond acceptors (Lipinski definition) is 4. The first kappa shape index (κ1) is 15.1. The molecule has 0 atom stereocenters. The van der Waals surface area contributed by atoms with E-state index < -0.39 is 10.0 Å². The van der Waals surface area contributed by atoms with Crippen molar-refractivity contribution >= 4 is 15.9 Å². The Morgan fingerprint density at radius 3 is 2.74 bits per heavy atom. The van der Waals surface area contributed by atoms with Crippen molar-refractivity contribution in [2.75, 3.05) is 20.6 Å². The molecule has 0 aliphatic carbocycles. The maximum atomic E-state index is 12.0. The molecule has 102 valence electrons. The highest BCUT2D eigenvalue weighted by Crippen LogP contribution is 2.11. The molecule has 7 heteroatoms. The number of likely N-dealkylation sites (N-methyl/N-ethyl adjacent to an activating group) is 2. The molecule has 0 fully saturated rings. The van der Waals surface area contributed by atoms with E-state index in [4.69, 9.17) is 5.26 Å². The van der Waals surface area contributed by atoms with Crippen molar-refractivity contribution in [1.82, 2.24) is 9.62 Å². The smallest absolute Gasteiger partial charge is 0.235 e. The molecule has 1 aromatic carbocycles. The van der Waals surface area contributed by atoms with Gasteiger partial charge in [0.1, 0.15) is 0 Å². The Bertz CT molecular complexity index is 605. The van der Waals surface area contributed by atoms with Crippen LogP contribution in [0.3, 0.4) is 0 Å². The maximum Gasteiger partial charge on any atom is 0.235 e. The first-order valence-electron chi connectivity index (χ1n) is 5.52. The van der Waals surface area contributed by atoms with E-state index in [1.807, 2.05) is 6.07 Å². The SMILES string of the molecule is CNC(=O)CN(C)S(=O)(=O)Cc1cccc(C#N)c1. The first-order valence-corrected chi connectivity index (χ1v) is 7.13. The molecule has 19 heavy (non-hydrogen) atoms. The Hall–Kier alpha value is -1.91. The Morgan fingerprint density at radius 2 is 2.16 bits per heavy atom. The fourth-order valence-electron chi connectivity index (χ4n) is 1.43. The van der Waals surface area contributed by atoms with E-state index in [1.165, 1.54) is 20.2 Å². The van der Waals surface area contributed by atoms with Crippen LogP contribution < -0.4 is 5.32 Å². The van der Waals surface area contributed by atoms with E-state index in [2.05, 4.69) is 5.32 Å². The van der Waals surface area contributed by atoms with Crippen molar-refractivity contribution in [3.8, 4) is 6.07 Å². The molecule has 0 bridgehead atoms. The Balaban J connectivity index is 2.84. The van der Waals surface area contributed by atoms with Crippen LogP contribution in [0.2, 0.25) is 0 Å². The van der Waals surface area contributed by atoms with Crippen molar-refractivity contribution in [3.05, 3.63) is 35.4 Å². The largest absolute Gasteiger partial charge is 0.358 e. The molecule has 0 saturated carbocycles. The van der Waals surface area contributed by atoms with Crippen LogP contribution >= 0.6 is 0 Å². The molecule has 0 radical (unpaired) electrons. The lowest BCUT2D eigenvalue weighted by Crippen LogP contribution is -2.37. The minimum Gasteiger partial charge on any atom is -0.358 e. The molecule has 0 aromatic heterocycles. The standard InChI is InChI=1S/C12H15N3O3S/c1-14-12(16)8-15(2)19(17,18)9-11-5-3-4-10(6-11)7-13/h3-6H,8-9H2,1-2H3,(H,14,16). The van der Waals surface area contributed by atoms with Gasteiger partial charge in [0.15, 0.2) is 0 Å². The van der Waals surface area contributed by atoms with Gasteiger partial charge in [-0.25, -0.2) is 8.42 Å². The number of nitrogens with zero attached hydrogens (tertiary/aromatic N) is 2. The predicted octanol–water partition coefficient (Wildman–Crippen LogP) is 0.0659. The second-order valence-corrected chi connectivity index (χ2v) is 6.07. The number of nitriles is 1. The number of carbonyl (C=O) groups is 1. The summed E-state index contributed by atoms with van der Waals surface area (Å²) >= 11 is 0. The maximum absolute atomic E-state index is 12.0. The molecule has 1 rings (SSSR count). The van der Waals surface area contributed by atoms with Gasteiger partial charge in [0.05, 0.1) is 23.9 Å². The molecule has 1 amide bonds. The van der Waals surface area contributed by atoms with Crippen LogP contribution in [-0.4, -0.2) is 39.3 Å². The zero-order valence-corrected chi connectivity index (χ0v) is 11.6. The Kier molecular flexibility index (Phi) is 5.03. The Morgan fingerprint density at radius 1 is 1.47 bits per heavy atom. The summed E-state index contributed by atoms with van der Waals surface area (Å²) in [5.74, 6) is -0.618. The number of nitrogens with one attached hydrogen (secondary N) is 1. The van der Waals surface area contributed by atoms with Crippen LogP contribution in [0.4, 0.5) is 0 Å². The number of hydrogen-bond donors (Lipinski definition) is 1. The molecule has 0 saturated heterocycles. The minimum atomic E-state index is -3.58. The van der Waals surface area contributed by atoms with E-state index in [0.29, 0.717) is 11.1 Å². The molecule has 0 heterocycles. The number of amides is 1. The van der Waals surface area contributed by atoms with Gasteiger partial charge in [-0.15, -0.1) is 0 Å². The zero-order chi connectivity index (χ0) is 14.5. The number of benzene rings is 1. The number of sulfonamides is 1. The summed E-state index contributed by atoms with van der Waals surface area (Å²) in [6, 6.07) is 8.33. The first-order chi connectivity index (χ1) is 8.89. The highest BCUT2D eigenvalue weighted by Gasteiger charge is 2.20. The average Bonchev–Trinajstić information content (AvgIpc) is 2.38. The normalized spacial score (nSPS) is 11.1. The summed E-state index contributed by atoms with van der Waals surface area (Å²) < 4.78 is 25.0. The lowest BCUT2D eigenvalue weighted by atomic mass is 10.2. The van der Waals surface area contributed by atoms with Gasteiger partial charge < -0.3 is 5.32 Å². The molecule has 0 unspecified atom stereocenters. The van der Waals surface area contributed by atoms with Crippen LogP contribution in [0.1, 0.15) is 11.1 Å². The summed E-state index contributed by atoms with van der Waals surface area (Å²) in [7, 11) is -0.791. The van der Waals surface area contributed by atoms with Crippen LogP contribution in [0.15, 0.2) is 24.3 Å². The molecule has 1 aromatic rings. The second kappa shape index (κ2) is 6.31.